The quantitative estimate of drug-likeness (QED) is 0.721. The topological polar surface area (TPSA) is 91.3 Å². The van der Waals surface area contributed by atoms with Gasteiger partial charge in [0.2, 0.25) is 0 Å². The van der Waals surface area contributed by atoms with Gasteiger partial charge in [0.1, 0.15) is 0 Å². The number of nitrogens with one attached hydrogen (secondary N) is 2. The minimum Gasteiger partial charge on any atom is -0.481 e. The largest absolute Gasteiger partial charge is 0.481 e. The van der Waals surface area contributed by atoms with Gasteiger partial charge in [-0.25, -0.2) is 9.78 Å². The minimum atomic E-state index is -0.814. The third-order valence-electron chi connectivity index (χ3n) is 2.74. The maximum Gasteiger partial charge on any atom is 0.321 e. The lowest BCUT2D eigenvalue weighted by Crippen LogP contribution is -2.36. The third-order valence-corrected chi connectivity index (χ3v) is 3.52. The van der Waals surface area contributed by atoms with E-state index in [4.69, 9.17) is 5.11 Å². The predicted molar refractivity (Wildman–Crippen MR) is 79.3 cm³/mol. The second-order valence-electron chi connectivity index (χ2n) is 5.02. The van der Waals surface area contributed by atoms with E-state index in [-0.39, 0.29) is 18.5 Å². The maximum atomic E-state index is 11.7. The SMILES string of the molecule is CC(CCCC(=O)O)NC(=O)Nc1nc(C(C)C)cs1. The number of carboxylic acids is 1. The second kappa shape index (κ2) is 7.84. The van der Waals surface area contributed by atoms with E-state index < -0.39 is 5.97 Å². The summed E-state index contributed by atoms with van der Waals surface area (Å²) in [7, 11) is 0. The lowest BCUT2D eigenvalue weighted by atomic mass is 10.1. The van der Waals surface area contributed by atoms with Crippen molar-refractivity contribution in [3.8, 4) is 0 Å². The van der Waals surface area contributed by atoms with Crippen molar-refractivity contribution in [3.05, 3.63) is 11.1 Å². The molecule has 1 rings (SSSR count). The number of anilines is 1. The van der Waals surface area contributed by atoms with Crippen molar-refractivity contribution in [2.75, 3.05) is 5.32 Å². The molecule has 0 spiro atoms. The number of hydrogen-bond acceptors (Lipinski definition) is 4. The molecule has 1 aromatic rings. The molecule has 0 saturated carbocycles. The van der Waals surface area contributed by atoms with E-state index >= 15 is 0 Å². The molecule has 0 bridgehead atoms. The van der Waals surface area contributed by atoms with Gasteiger partial charge in [0, 0.05) is 17.8 Å². The van der Waals surface area contributed by atoms with Gasteiger partial charge in [-0.15, -0.1) is 11.3 Å². The molecule has 2 amide bonds. The molecule has 1 heterocycles. The summed E-state index contributed by atoms with van der Waals surface area (Å²) < 4.78 is 0. The van der Waals surface area contributed by atoms with Crippen LogP contribution in [0.15, 0.2) is 5.38 Å². The number of amides is 2. The van der Waals surface area contributed by atoms with Crippen LogP contribution in [0.1, 0.15) is 51.6 Å². The molecule has 0 fully saturated rings. The van der Waals surface area contributed by atoms with Crippen LogP contribution >= 0.6 is 11.3 Å². The van der Waals surface area contributed by atoms with Crippen LogP contribution in [0.3, 0.4) is 0 Å². The van der Waals surface area contributed by atoms with Gasteiger partial charge in [-0.1, -0.05) is 13.8 Å². The lowest BCUT2D eigenvalue weighted by Gasteiger charge is -2.13. The predicted octanol–water partition coefficient (Wildman–Crippen LogP) is 3.03. The van der Waals surface area contributed by atoms with Gasteiger partial charge in [-0.05, 0) is 25.7 Å². The number of carbonyl (C=O) groups excluding carboxylic acids is 1. The Hall–Kier alpha value is -1.63. The number of nitrogens with zero attached hydrogens (tertiary/aromatic N) is 1. The Kier molecular flexibility index (Phi) is 6.44. The fourth-order valence-corrected chi connectivity index (χ4v) is 2.46. The molecule has 3 N–H and O–H groups in total. The molecule has 0 aliphatic heterocycles. The van der Waals surface area contributed by atoms with E-state index in [0.29, 0.717) is 23.9 Å². The number of urea groups is 1. The van der Waals surface area contributed by atoms with E-state index in [0.717, 1.165) is 5.69 Å². The van der Waals surface area contributed by atoms with Gasteiger partial charge in [-0.3, -0.25) is 10.1 Å². The highest BCUT2D eigenvalue weighted by Crippen LogP contribution is 2.21. The number of thiazole rings is 1. The summed E-state index contributed by atoms with van der Waals surface area (Å²) in [6.07, 6.45) is 1.30. The summed E-state index contributed by atoms with van der Waals surface area (Å²) >= 11 is 1.39. The third kappa shape index (κ3) is 6.01. The Bertz CT molecular complexity index is 459. The summed E-state index contributed by atoms with van der Waals surface area (Å²) in [5, 5.41) is 16.5. The number of rotatable bonds is 7. The van der Waals surface area contributed by atoms with Crippen LogP contribution in [0.25, 0.3) is 0 Å². The summed E-state index contributed by atoms with van der Waals surface area (Å²) in [6.45, 7) is 5.94. The molecule has 0 aromatic carbocycles. The van der Waals surface area contributed by atoms with Crippen molar-refractivity contribution >= 4 is 28.5 Å². The fraction of sp³-hybridized carbons (Fsp3) is 0.615. The Morgan fingerprint density at radius 1 is 1.40 bits per heavy atom. The monoisotopic (exact) mass is 299 g/mol. The second-order valence-corrected chi connectivity index (χ2v) is 5.88. The number of hydrogen-bond donors (Lipinski definition) is 3. The van der Waals surface area contributed by atoms with Crippen LogP contribution in [0.2, 0.25) is 0 Å². The highest BCUT2D eigenvalue weighted by Gasteiger charge is 2.11. The molecule has 1 unspecified atom stereocenters. The molecule has 0 aliphatic rings. The van der Waals surface area contributed by atoms with Gasteiger partial charge >= 0.3 is 12.0 Å². The first kappa shape index (κ1) is 16.4. The molecule has 0 radical (unpaired) electrons. The van der Waals surface area contributed by atoms with Crippen LogP contribution < -0.4 is 10.6 Å². The number of aliphatic carboxylic acids is 1. The number of carbonyl (C=O) groups is 2. The molecule has 7 heteroatoms. The fourth-order valence-electron chi connectivity index (χ4n) is 1.60. The summed E-state index contributed by atoms with van der Waals surface area (Å²) in [5.74, 6) is -0.481. The molecule has 1 atom stereocenters. The van der Waals surface area contributed by atoms with Crippen LogP contribution in [-0.2, 0) is 4.79 Å². The average molecular weight is 299 g/mol. The first-order valence-electron chi connectivity index (χ1n) is 6.63. The molecular weight excluding hydrogens is 278 g/mol. The zero-order valence-corrected chi connectivity index (χ0v) is 12.8. The summed E-state index contributed by atoms with van der Waals surface area (Å²) in [6, 6.07) is -0.378. The van der Waals surface area contributed by atoms with E-state index in [1.54, 1.807) is 0 Å². The van der Waals surface area contributed by atoms with Gasteiger partial charge in [0.15, 0.2) is 5.13 Å². The summed E-state index contributed by atoms with van der Waals surface area (Å²) in [5.41, 5.74) is 0.958. The smallest absolute Gasteiger partial charge is 0.321 e. The molecular formula is C13H21N3O3S. The molecule has 6 nitrogen and oxygen atoms in total. The molecule has 0 aliphatic carbocycles. The van der Waals surface area contributed by atoms with Crippen LogP contribution in [-0.4, -0.2) is 28.1 Å². The normalized spacial score (nSPS) is 12.2. The Morgan fingerprint density at radius 2 is 2.10 bits per heavy atom. The van der Waals surface area contributed by atoms with E-state index in [9.17, 15) is 9.59 Å². The van der Waals surface area contributed by atoms with Crippen LogP contribution in [0.5, 0.6) is 0 Å². The number of carboxylic acid groups (broad SMARTS) is 1. The minimum absolute atomic E-state index is 0.0705. The highest BCUT2D eigenvalue weighted by atomic mass is 32.1. The van der Waals surface area contributed by atoms with E-state index in [2.05, 4.69) is 15.6 Å². The molecule has 20 heavy (non-hydrogen) atoms. The van der Waals surface area contributed by atoms with E-state index in [1.807, 2.05) is 26.2 Å². The van der Waals surface area contributed by atoms with Crippen LogP contribution in [0, 0.1) is 0 Å². The van der Waals surface area contributed by atoms with Gasteiger partial charge < -0.3 is 10.4 Å². The maximum absolute atomic E-state index is 11.7. The van der Waals surface area contributed by atoms with Gasteiger partial charge in [-0.2, -0.15) is 0 Å². The van der Waals surface area contributed by atoms with Gasteiger partial charge in [0.25, 0.3) is 0 Å². The van der Waals surface area contributed by atoms with E-state index in [1.165, 1.54) is 11.3 Å². The standard InChI is InChI=1S/C13H21N3O3S/c1-8(2)10-7-20-13(15-10)16-12(19)14-9(3)5-4-6-11(17)18/h7-9H,4-6H2,1-3H3,(H,17,18)(H2,14,15,16,19). The van der Waals surface area contributed by atoms with Crippen molar-refractivity contribution in [2.45, 2.75) is 52.0 Å². The van der Waals surface area contributed by atoms with Crippen molar-refractivity contribution in [1.29, 1.82) is 0 Å². The first-order valence-corrected chi connectivity index (χ1v) is 7.51. The molecule has 1 aromatic heterocycles. The zero-order valence-electron chi connectivity index (χ0n) is 12.0. The Morgan fingerprint density at radius 3 is 2.65 bits per heavy atom. The van der Waals surface area contributed by atoms with Crippen LogP contribution in [0.4, 0.5) is 9.93 Å². The molecule has 0 saturated heterocycles. The number of aromatic nitrogens is 1. The Balaban J connectivity index is 2.33. The first-order chi connectivity index (χ1) is 9.38. The lowest BCUT2D eigenvalue weighted by molar-refractivity contribution is -0.137. The molecule has 112 valence electrons. The van der Waals surface area contributed by atoms with Crippen molar-refractivity contribution in [1.82, 2.24) is 10.3 Å². The van der Waals surface area contributed by atoms with Crippen molar-refractivity contribution in [3.63, 3.8) is 0 Å². The summed E-state index contributed by atoms with van der Waals surface area (Å²) in [4.78, 5) is 26.4. The van der Waals surface area contributed by atoms with Gasteiger partial charge in [0.05, 0.1) is 5.69 Å². The highest BCUT2D eigenvalue weighted by molar-refractivity contribution is 7.13. The average Bonchev–Trinajstić information content (AvgIpc) is 2.76. The zero-order chi connectivity index (χ0) is 15.1. The van der Waals surface area contributed by atoms with Crippen molar-refractivity contribution in [2.24, 2.45) is 0 Å². The Labute approximate surface area is 122 Å². The van der Waals surface area contributed by atoms with Crippen molar-refractivity contribution < 1.29 is 14.7 Å².